The fraction of sp³-hybridized carbons (Fsp3) is 0.467. The van der Waals surface area contributed by atoms with E-state index in [0.29, 0.717) is 0 Å². The Morgan fingerprint density at radius 1 is 1.24 bits per heavy atom. The Morgan fingerprint density at radius 2 is 1.81 bits per heavy atom. The summed E-state index contributed by atoms with van der Waals surface area (Å²) in [7, 11) is 0. The van der Waals surface area contributed by atoms with Gasteiger partial charge in [0.1, 0.15) is 0 Å². The van der Waals surface area contributed by atoms with E-state index in [1.807, 2.05) is 18.2 Å². The van der Waals surface area contributed by atoms with E-state index >= 15 is 0 Å². The van der Waals surface area contributed by atoms with Crippen LogP contribution in [0.3, 0.4) is 0 Å². The van der Waals surface area contributed by atoms with Crippen molar-refractivity contribution in [2.24, 2.45) is 5.92 Å². The van der Waals surface area contributed by atoms with E-state index in [1.54, 1.807) is 32.9 Å². The molecular formula is C15H21ClO5. The molecule has 21 heavy (non-hydrogen) atoms. The first-order chi connectivity index (χ1) is 9.45. The molecule has 0 heterocycles. The first kappa shape index (κ1) is 19.4. The third kappa shape index (κ3) is 4.44. The largest absolute Gasteiger partial charge is 0.479 e. The lowest BCUT2D eigenvalue weighted by Crippen LogP contribution is -2.54. The summed E-state index contributed by atoms with van der Waals surface area (Å²) in [5.41, 5.74) is -1.19. The number of aliphatic carboxylic acids is 1. The number of carbonyl (C=O) groups excluding carboxylic acids is 1. The summed E-state index contributed by atoms with van der Waals surface area (Å²) in [6.45, 7) is 5.01. The number of benzene rings is 1. The van der Waals surface area contributed by atoms with Crippen molar-refractivity contribution in [3.8, 4) is 0 Å². The summed E-state index contributed by atoms with van der Waals surface area (Å²) < 4.78 is 10.4. The molecule has 1 N–H and O–H groups in total. The van der Waals surface area contributed by atoms with Gasteiger partial charge in [-0.3, -0.25) is 0 Å². The fourth-order valence-corrected chi connectivity index (χ4v) is 1.87. The second-order valence-electron chi connectivity index (χ2n) is 4.69. The van der Waals surface area contributed by atoms with Crippen molar-refractivity contribution in [3.05, 3.63) is 35.9 Å². The SMILES string of the molecule is CCOC(=O)C(OCc1ccccc1)(C(=O)O)C(C)C.Cl. The Kier molecular flexibility index (Phi) is 7.99. The van der Waals surface area contributed by atoms with Crippen molar-refractivity contribution in [2.45, 2.75) is 33.0 Å². The van der Waals surface area contributed by atoms with E-state index in [2.05, 4.69) is 0 Å². The summed E-state index contributed by atoms with van der Waals surface area (Å²) in [6.07, 6.45) is 0. The molecule has 0 bridgehead atoms. The monoisotopic (exact) mass is 316 g/mol. The molecule has 1 unspecified atom stereocenters. The van der Waals surface area contributed by atoms with Gasteiger partial charge in [0.05, 0.1) is 13.2 Å². The molecule has 0 aliphatic heterocycles. The van der Waals surface area contributed by atoms with E-state index in [4.69, 9.17) is 9.47 Å². The quantitative estimate of drug-likeness (QED) is 0.618. The summed E-state index contributed by atoms with van der Waals surface area (Å²) in [5, 5.41) is 9.44. The van der Waals surface area contributed by atoms with Crippen molar-refractivity contribution in [3.63, 3.8) is 0 Å². The van der Waals surface area contributed by atoms with Crippen molar-refractivity contribution in [1.82, 2.24) is 0 Å². The van der Waals surface area contributed by atoms with Crippen LogP contribution in [0, 0.1) is 5.92 Å². The Labute approximate surface area is 130 Å². The van der Waals surface area contributed by atoms with Crippen molar-refractivity contribution < 1.29 is 24.2 Å². The number of rotatable bonds is 7. The molecular weight excluding hydrogens is 296 g/mol. The maximum atomic E-state index is 12.0. The van der Waals surface area contributed by atoms with Gasteiger partial charge in [-0.05, 0) is 12.5 Å². The number of ether oxygens (including phenoxy) is 2. The zero-order valence-electron chi connectivity index (χ0n) is 12.4. The number of carbonyl (C=O) groups is 2. The highest BCUT2D eigenvalue weighted by molar-refractivity contribution is 6.03. The third-order valence-corrected chi connectivity index (χ3v) is 3.02. The molecule has 0 saturated carbocycles. The van der Waals surface area contributed by atoms with Crippen molar-refractivity contribution >= 4 is 24.3 Å². The molecule has 0 saturated heterocycles. The standard InChI is InChI=1S/C15H20O5.ClH/c1-4-19-14(18)15(11(2)3,13(16)17)20-10-12-8-6-5-7-9-12;/h5-9,11H,4,10H2,1-3H3,(H,16,17);1H. The minimum atomic E-state index is -1.98. The van der Waals surface area contributed by atoms with Crippen molar-refractivity contribution in [2.75, 3.05) is 6.61 Å². The highest BCUT2D eigenvalue weighted by atomic mass is 35.5. The van der Waals surface area contributed by atoms with Gasteiger partial charge in [-0.2, -0.15) is 0 Å². The van der Waals surface area contributed by atoms with Crippen LogP contribution >= 0.6 is 12.4 Å². The van der Waals surface area contributed by atoms with E-state index in [9.17, 15) is 14.7 Å². The molecule has 0 radical (unpaired) electrons. The molecule has 6 heteroatoms. The van der Waals surface area contributed by atoms with Crippen LogP contribution < -0.4 is 0 Å². The van der Waals surface area contributed by atoms with Crippen LogP contribution in [0.1, 0.15) is 26.3 Å². The average Bonchev–Trinajstić information content (AvgIpc) is 2.40. The predicted molar refractivity (Wildman–Crippen MR) is 80.3 cm³/mol. The normalized spacial score (nSPS) is 13.1. The van der Waals surface area contributed by atoms with Crippen LogP contribution in [0.15, 0.2) is 30.3 Å². The molecule has 1 aromatic carbocycles. The predicted octanol–water partition coefficient (Wildman–Crippen LogP) is 2.67. The zero-order chi connectivity index (χ0) is 15.2. The highest BCUT2D eigenvalue weighted by Gasteiger charge is 2.52. The topological polar surface area (TPSA) is 72.8 Å². The Hall–Kier alpha value is -1.59. The first-order valence-electron chi connectivity index (χ1n) is 6.53. The number of carboxylic acid groups (broad SMARTS) is 1. The molecule has 0 fully saturated rings. The number of carboxylic acids is 1. The maximum absolute atomic E-state index is 12.0. The zero-order valence-corrected chi connectivity index (χ0v) is 13.2. The smallest absolute Gasteiger partial charge is 0.350 e. The van der Waals surface area contributed by atoms with Gasteiger partial charge in [0.25, 0.3) is 5.60 Å². The second kappa shape index (κ2) is 8.64. The van der Waals surface area contributed by atoms with Gasteiger partial charge in [0.15, 0.2) is 0 Å². The van der Waals surface area contributed by atoms with Gasteiger partial charge in [-0.1, -0.05) is 44.2 Å². The summed E-state index contributed by atoms with van der Waals surface area (Å²) in [6, 6.07) is 9.10. The van der Waals surface area contributed by atoms with Crippen LogP contribution in [0.25, 0.3) is 0 Å². The molecule has 0 aliphatic rings. The molecule has 1 atom stereocenters. The number of hydrogen-bond donors (Lipinski definition) is 1. The summed E-state index contributed by atoms with van der Waals surface area (Å²) in [4.78, 5) is 23.6. The van der Waals surface area contributed by atoms with E-state index < -0.39 is 23.5 Å². The third-order valence-electron chi connectivity index (χ3n) is 3.02. The Morgan fingerprint density at radius 3 is 2.24 bits per heavy atom. The van der Waals surface area contributed by atoms with Crippen LogP contribution in [0.5, 0.6) is 0 Å². The van der Waals surface area contributed by atoms with Gasteiger partial charge >= 0.3 is 11.9 Å². The number of esters is 1. The molecule has 1 rings (SSSR count). The molecule has 1 aromatic rings. The average molecular weight is 317 g/mol. The van der Waals surface area contributed by atoms with Gasteiger partial charge in [-0.25, -0.2) is 9.59 Å². The highest BCUT2D eigenvalue weighted by Crippen LogP contribution is 2.26. The molecule has 0 aliphatic carbocycles. The Balaban J connectivity index is 0.00000400. The fourth-order valence-electron chi connectivity index (χ4n) is 1.87. The van der Waals surface area contributed by atoms with Gasteiger partial charge in [0, 0.05) is 5.92 Å². The minimum absolute atomic E-state index is 0. The van der Waals surface area contributed by atoms with E-state index in [-0.39, 0.29) is 25.6 Å². The van der Waals surface area contributed by atoms with E-state index in [1.165, 1.54) is 0 Å². The molecule has 118 valence electrons. The lowest BCUT2D eigenvalue weighted by atomic mass is 9.90. The van der Waals surface area contributed by atoms with Crippen LogP contribution in [-0.2, 0) is 25.7 Å². The van der Waals surface area contributed by atoms with Gasteiger partial charge < -0.3 is 14.6 Å². The van der Waals surface area contributed by atoms with Crippen LogP contribution in [0.4, 0.5) is 0 Å². The van der Waals surface area contributed by atoms with E-state index in [0.717, 1.165) is 5.56 Å². The second-order valence-corrected chi connectivity index (χ2v) is 4.69. The summed E-state index contributed by atoms with van der Waals surface area (Å²) in [5.74, 6) is -2.75. The minimum Gasteiger partial charge on any atom is -0.479 e. The van der Waals surface area contributed by atoms with Gasteiger partial charge in [-0.15, -0.1) is 12.4 Å². The molecule has 5 nitrogen and oxygen atoms in total. The lowest BCUT2D eigenvalue weighted by Gasteiger charge is -2.30. The Bertz CT molecular complexity index is 460. The van der Waals surface area contributed by atoms with Crippen molar-refractivity contribution in [1.29, 1.82) is 0 Å². The molecule has 0 spiro atoms. The molecule has 0 aromatic heterocycles. The van der Waals surface area contributed by atoms with Gasteiger partial charge in [0.2, 0.25) is 0 Å². The number of halogens is 1. The van der Waals surface area contributed by atoms with Crippen LogP contribution in [0.2, 0.25) is 0 Å². The first-order valence-corrected chi connectivity index (χ1v) is 6.53. The van der Waals surface area contributed by atoms with Crippen LogP contribution in [-0.4, -0.2) is 29.3 Å². The molecule has 0 amide bonds. The maximum Gasteiger partial charge on any atom is 0.350 e. The number of hydrogen-bond acceptors (Lipinski definition) is 4. The lowest BCUT2D eigenvalue weighted by molar-refractivity contribution is -0.196. The summed E-state index contributed by atoms with van der Waals surface area (Å²) >= 11 is 0.